The summed E-state index contributed by atoms with van der Waals surface area (Å²) in [4.78, 5) is 15.5. The van der Waals surface area contributed by atoms with Crippen molar-refractivity contribution in [2.45, 2.75) is 0 Å². The van der Waals surface area contributed by atoms with E-state index in [-0.39, 0.29) is 9.69 Å². The Kier molecular flexibility index (Phi) is 5.94. The molecule has 0 aliphatic carbocycles. The largest absolute Gasteiger partial charge is 0.493 e. The number of nitrogens with two attached hydrogens (primary N) is 3. The van der Waals surface area contributed by atoms with E-state index in [1.807, 2.05) is 5.32 Å². The van der Waals surface area contributed by atoms with E-state index < -0.39 is 73.3 Å². The van der Waals surface area contributed by atoms with E-state index in [4.69, 9.17) is 39.1 Å². The van der Waals surface area contributed by atoms with Crippen molar-refractivity contribution in [2.75, 3.05) is 10.3 Å². The van der Waals surface area contributed by atoms with Gasteiger partial charge in [-0.3, -0.25) is 15.4 Å². The Labute approximate surface area is 176 Å². The predicted molar refractivity (Wildman–Crippen MR) is 108 cm³/mol. The molecule has 170 valence electrons. The number of urea groups is 1. The average Bonchev–Trinajstić information content (AvgIpc) is 2.90. The quantitative estimate of drug-likeness (QED) is 0.0474. The number of aromatic hydroxyl groups is 2. The molecule has 0 radical (unpaired) electrons. The number of benzene rings is 1. The third kappa shape index (κ3) is 3.92. The summed E-state index contributed by atoms with van der Waals surface area (Å²) in [6.45, 7) is 0. The molecule has 1 aromatic carbocycles. The van der Waals surface area contributed by atoms with Crippen molar-refractivity contribution in [3.8, 4) is 11.8 Å². The molecule has 0 saturated carbocycles. The number of rotatable bonds is 7. The van der Waals surface area contributed by atoms with Crippen LogP contribution in [-0.2, 0) is 10.3 Å². The van der Waals surface area contributed by atoms with Gasteiger partial charge < -0.3 is 32.7 Å². The maximum Gasteiger partial charge on any atom is 0.351 e. The lowest BCUT2D eigenvalue weighted by molar-refractivity contribution is 0.259. The second kappa shape index (κ2) is 8.11. The number of hydrazine groups is 1. The van der Waals surface area contributed by atoms with Gasteiger partial charge in [-0.15, -0.1) is 4.68 Å². The maximum atomic E-state index is 11.6. The van der Waals surface area contributed by atoms with Gasteiger partial charge in [0.25, 0.3) is 0 Å². The normalized spacial score (nSPS) is 10.9. The van der Waals surface area contributed by atoms with Gasteiger partial charge in [-0.05, 0) is 5.53 Å². The molecule has 0 unspecified atom stereocenters. The van der Waals surface area contributed by atoms with Crippen LogP contribution in [0.1, 0.15) is 5.56 Å². The monoisotopic (exact) mass is 470 g/mol. The fourth-order valence-electron chi connectivity index (χ4n) is 2.77. The minimum Gasteiger partial charge on any atom is -0.493 e. The number of nitrogens with zero attached hydrogens (tertiary/aromatic N) is 6. The number of guanidine groups is 1. The van der Waals surface area contributed by atoms with E-state index in [9.17, 15) is 28.0 Å². The Hall–Kier alpha value is -4.85. The van der Waals surface area contributed by atoms with Gasteiger partial charge in [-0.1, -0.05) is 15.2 Å². The molecule has 20 nitrogen and oxygen atoms in total. The van der Waals surface area contributed by atoms with Crippen LogP contribution in [0.4, 0.5) is 21.9 Å². The minimum absolute atomic E-state index is 0.0912. The van der Waals surface area contributed by atoms with Crippen molar-refractivity contribution in [1.29, 1.82) is 16.3 Å². The van der Waals surface area contributed by atoms with Crippen molar-refractivity contribution in [2.24, 2.45) is 27.5 Å². The topological polar surface area (TPSA) is 355 Å². The SMILES string of the molecule is [N-]=[N+]=Nc1c(NC(N)=O)c(C(=N)N)c(N(NS(=O)(=O)O)C(=N)N)c2c(O)n(N=N)c(O)c12. The Balaban J connectivity index is 3.37. The van der Waals surface area contributed by atoms with E-state index in [1.165, 1.54) is 4.83 Å². The molecule has 1 aromatic heterocycles. The maximum absolute atomic E-state index is 11.6. The van der Waals surface area contributed by atoms with Gasteiger partial charge in [0, 0.05) is 4.91 Å². The van der Waals surface area contributed by atoms with Gasteiger partial charge in [-0.2, -0.15) is 13.9 Å². The molecule has 32 heavy (non-hydrogen) atoms. The predicted octanol–water partition coefficient (Wildman–Crippen LogP) is -0.430. The number of nitrogen functional groups attached to an aromatic ring is 1. The second-order valence-corrected chi connectivity index (χ2v) is 6.77. The smallest absolute Gasteiger partial charge is 0.351 e. The van der Waals surface area contributed by atoms with E-state index in [2.05, 4.69) is 15.2 Å². The molecule has 0 bridgehead atoms. The number of anilines is 2. The molecule has 21 heteroatoms. The Morgan fingerprint density at radius 3 is 2.16 bits per heavy atom. The standard InChI is InChI=1S/C11H14N14O6S/c12-7(13)3-4(19-11(16)28)5(20-21-17)1-2(9(27)25(22-18)8(1)26)6(3)24(10(14)15)23-32(29,30)31/h18,23,26-27H,(H3,12,13)(H3,14,15)(H3,16,19,28)(H,29,30,31). The molecule has 2 amide bonds. The molecule has 2 aromatic rings. The number of azide groups is 1. The number of primary amides is 1. The first-order chi connectivity index (χ1) is 14.8. The fraction of sp³-hybridized carbons (Fsp3) is 0. The molecule has 0 atom stereocenters. The number of hydrogen-bond donors (Lipinski definition) is 11. The zero-order valence-corrected chi connectivity index (χ0v) is 16.2. The highest BCUT2D eigenvalue weighted by molar-refractivity contribution is 7.83. The van der Waals surface area contributed by atoms with Crippen molar-refractivity contribution in [3.05, 3.63) is 16.0 Å². The molecular weight excluding hydrogens is 456 g/mol. The summed E-state index contributed by atoms with van der Waals surface area (Å²) in [5.41, 5.74) is 29.1. The van der Waals surface area contributed by atoms with E-state index in [0.717, 1.165) is 0 Å². The summed E-state index contributed by atoms with van der Waals surface area (Å²) in [6, 6.07) is -1.31. The summed E-state index contributed by atoms with van der Waals surface area (Å²) >= 11 is 0. The van der Waals surface area contributed by atoms with Gasteiger partial charge in [-0.25, -0.2) is 9.80 Å². The summed E-state index contributed by atoms with van der Waals surface area (Å²) in [7, 11) is -5.17. The molecule has 0 aliphatic heterocycles. The Morgan fingerprint density at radius 2 is 1.75 bits per heavy atom. The van der Waals surface area contributed by atoms with Gasteiger partial charge in [0.05, 0.1) is 33.4 Å². The molecule has 0 saturated heterocycles. The number of carbonyl (C=O) groups excluding carboxylic acids is 1. The van der Waals surface area contributed by atoms with Crippen molar-refractivity contribution < 1.29 is 28.0 Å². The van der Waals surface area contributed by atoms with Crippen LogP contribution >= 0.6 is 0 Å². The van der Waals surface area contributed by atoms with Gasteiger partial charge >= 0.3 is 16.3 Å². The van der Waals surface area contributed by atoms with Crippen LogP contribution in [0.15, 0.2) is 10.3 Å². The fourth-order valence-corrected chi connectivity index (χ4v) is 3.19. The number of nitrogens with one attached hydrogen (secondary N) is 5. The summed E-state index contributed by atoms with van der Waals surface area (Å²) < 4.78 is 32.2. The molecule has 0 fully saturated rings. The lowest BCUT2D eigenvalue weighted by atomic mass is 10.0. The molecular formula is C11H14N14O6S. The summed E-state index contributed by atoms with van der Waals surface area (Å²) in [5.74, 6) is -4.33. The van der Waals surface area contributed by atoms with Gasteiger partial charge in [0.15, 0.2) is 0 Å². The highest BCUT2D eigenvalue weighted by Crippen LogP contribution is 2.52. The zero-order valence-electron chi connectivity index (χ0n) is 15.4. The number of aromatic nitrogens is 1. The third-order valence-electron chi connectivity index (χ3n) is 3.73. The number of hydrogen-bond acceptors (Lipinski definition) is 10. The minimum atomic E-state index is -5.17. The first-order valence-corrected chi connectivity index (χ1v) is 9.09. The number of amides is 2. The number of carbonyl (C=O) groups is 1. The van der Waals surface area contributed by atoms with Crippen LogP contribution in [0.5, 0.6) is 11.8 Å². The lowest BCUT2D eigenvalue weighted by Crippen LogP contribution is -2.50. The highest BCUT2D eigenvalue weighted by Gasteiger charge is 2.34. The Bertz CT molecular complexity index is 1340. The molecule has 0 spiro atoms. The van der Waals surface area contributed by atoms with Crippen molar-refractivity contribution >= 4 is 56.0 Å². The lowest BCUT2D eigenvalue weighted by Gasteiger charge is -2.27. The van der Waals surface area contributed by atoms with Crippen molar-refractivity contribution in [1.82, 2.24) is 9.51 Å². The molecule has 14 N–H and O–H groups in total. The van der Waals surface area contributed by atoms with E-state index in [1.54, 1.807) is 0 Å². The first-order valence-electron chi connectivity index (χ1n) is 7.65. The first kappa shape index (κ1) is 23.4. The van der Waals surface area contributed by atoms with E-state index >= 15 is 0 Å². The third-order valence-corrected chi connectivity index (χ3v) is 4.14. The van der Waals surface area contributed by atoms with Crippen LogP contribution in [0, 0.1) is 16.3 Å². The van der Waals surface area contributed by atoms with Crippen LogP contribution in [-0.4, -0.2) is 45.7 Å². The molecule has 1 heterocycles. The van der Waals surface area contributed by atoms with Crippen LogP contribution < -0.4 is 32.4 Å². The van der Waals surface area contributed by atoms with Crippen LogP contribution in [0.3, 0.4) is 0 Å². The van der Waals surface area contributed by atoms with Crippen molar-refractivity contribution in [3.63, 3.8) is 0 Å². The summed E-state index contributed by atoms with van der Waals surface area (Å²) in [5, 5.41) is 43.3. The zero-order chi connectivity index (χ0) is 24.5. The average molecular weight is 470 g/mol. The van der Waals surface area contributed by atoms with Crippen LogP contribution in [0.2, 0.25) is 0 Å². The summed E-state index contributed by atoms with van der Waals surface area (Å²) in [6.07, 6.45) is 0. The number of amidine groups is 1. The Morgan fingerprint density at radius 1 is 1.19 bits per heavy atom. The van der Waals surface area contributed by atoms with Crippen LogP contribution in [0.25, 0.3) is 21.2 Å². The second-order valence-electron chi connectivity index (χ2n) is 5.64. The molecule has 2 rings (SSSR count). The molecule has 0 aliphatic rings. The highest BCUT2D eigenvalue weighted by atomic mass is 32.2. The van der Waals surface area contributed by atoms with Gasteiger partial charge in [0.1, 0.15) is 5.84 Å². The van der Waals surface area contributed by atoms with Gasteiger partial charge in [0.2, 0.25) is 17.7 Å². The number of fused-ring (bicyclic) bond motifs is 1. The van der Waals surface area contributed by atoms with E-state index in [0.29, 0.717) is 0 Å².